The third kappa shape index (κ3) is 4.13. The minimum atomic E-state index is -2.59. The van der Waals surface area contributed by atoms with Gasteiger partial charge in [-0.05, 0) is 68.6 Å². The number of fused-ring (bicyclic) bond motifs is 1. The highest BCUT2D eigenvalue weighted by Crippen LogP contribution is 2.64. The van der Waals surface area contributed by atoms with Crippen molar-refractivity contribution in [2.45, 2.75) is 57.0 Å². The van der Waals surface area contributed by atoms with Crippen molar-refractivity contribution in [1.82, 2.24) is 25.0 Å². The second kappa shape index (κ2) is 9.41. The summed E-state index contributed by atoms with van der Waals surface area (Å²) in [5.41, 5.74) is 2.41. The van der Waals surface area contributed by atoms with Crippen LogP contribution in [0, 0.1) is 46.9 Å². The Morgan fingerprint density at radius 1 is 1.12 bits per heavy atom. The first-order chi connectivity index (χ1) is 20.2. The number of aromatic nitrogens is 5. The van der Waals surface area contributed by atoms with Gasteiger partial charge in [-0.1, -0.05) is 11.3 Å². The summed E-state index contributed by atoms with van der Waals surface area (Å²) in [6.07, 6.45) is 4.51. The number of alkyl halides is 2. The molecule has 42 heavy (non-hydrogen) atoms. The predicted octanol–water partition coefficient (Wildman–Crippen LogP) is 5.58. The van der Waals surface area contributed by atoms with E-state index in [1.165, 1.54) is 42.4 Å². The van der Waals surface area contributed by atoms with Crippen LogP contribution in [0.5, 0.6) is 0 Å². The van der Waals surface area contributed by atoms with Gasteiger partial charge in [0, 0.05) is 35.1 Å². The molecule has 0 saturated heterocycles. The Hall–Kier alpha value is -4.71. The Labute approximate surface area is 239 Å². The average Bonchev–Trinajstić information content (AvgIpc) is 3.60. The summed E-state index contributed by atoms with van der Waals surface area (Å²) in [5.74, 6) is 0.160. The van der Waals surface area contributed by atoms with Gasteiger partial charge in [0.2, 0.25) is 5.95 Å². The summed E-state index contributed by atoms with van der Waals surface area (Å²) in [7, 11) is 0. The number of hydrogen-bond donors (Lipinski definition) is 2. The molecule has 3 aromatic heterocycles. The van der Waals surface area contributed by atoms with Crippen molar-refractivity contribution in [3.63, 3.8) is 0 Å². The van der Waals surface area contributed by atoms with Crippen molar-refractivity contribution >= 4 is 22.3 Å². The minimum absolute atomic E-state index is 0.266. The molecule has 1 unspecified atom stereocenters. The normalized spacial score (nSPS) is 22.0. The largest absolute Gasteiger partial charge is 0.383 e. The first-order valence-corrected chi connectivity index (χ1v) is 13.9. The summed E-state index contributed by atoms with van der Waals surface area (Å²) in [6, 6.07) is 9.89. The lowest BCUT2D eigenvalue weighted by atomic mass is 9.44. The maximum Gasteiger partial charge on any atom is 0.263 e. The van der Waals surface area contributed by atoms with Gasteiger partial charge in [0.05, 0.1) is 34.6 Å². The van der Waals surface area contributed by atoms with E-state index in [-0.39, 0.29) is 5.41 Å². The Bertz CT molecular complexity index is 1800. The molecule has 2 bridgehead atoms. The van der Waals surface area contributed by atoms with E-state index in [1.807, 2.05) is 0 Å². The fourth-order valence-electron chi connectivity index (χ4n) is 6.52. The number of nitriles is 2. The summed E-state index contributed by atoms with van der Waals surface area (Å²) < 4.78 is 42.8. The van der Waals surface area contributed by atoms with Crippen LogP contribution < -0.4 is 10.6 Å². The molecule has 0 aliphatic heterocycles. The number of pyridine rings is 2. The van der Waals surface area contributed by atoms with Crippen LogP contribution in [0.2, 0.25) is 0 Å². The Morgan fingerprint density at radius 2 is 1.88 bits per heavy atom. The highest BCUT2D eigenvalue weighted by atomic mass is 19.3. The number of nitrogens with zero attached hydrogens (tertiary/aromatic N) is 7. The fourth-order valence-corrected chi connectivity index (χ4v) is 6.52. The molecule has 2 N–H and O–H groups in total. The average molecular weight is 570 g/mol. The van der Waals surface area contributed by atoms with Crippen LogP contribution >= 0.6 is 0 Å². The van der Waals surface area contributed by atoms with E-state index >= 15 is 0 Å². The molecule has 0 radical (unpaired) electrons. The topological polar surface area (TPSA) is 128 Å². The monoisotopic (exact) mass is 569 g/mol. The number of anilines is 2. The molecule has 4 fully saturated rings. The third-order valence-electron chi connectivity index (χ3n) is 9.16. The van der Waals surface area contributed by atoms with Gasteiger partial charge in [-0.15, -0.1) is 5.10 Å². The first kappa shape index (κ1) is 26.2. The number of halogens is 3. The number of aryl methyl sites for hydroxylation is 1. The molecular weight excluding hydrogens is 543 g/mol. The van der Waals surface area contributed by atoms with Gasteiger partial charge in [-0.3, -0.25) is 4.98 Å². The molecule has 1 aromatic carbocycles. The molecule has 8 rings (SSSR count). The molecule has 1 atom stereocenters. The second-order valence-electron chi connectivity index (χ2n) is 11.9. The highest BCUT2D eigenvalue weighted by Gasteiger charge is 2.56. The van der Waals surface area contributed by atoms with Crippen LogP contribution in [0.25, 0.3) is 10.9 Å². The van der Waals surface area contributed by atoms with Crippen molar-refractivity contribution in [1.29, 1.82) is 10.5 Å². The standard InChI is InChI=1S/C30H26F3N9/c1-16-21(2-3-24(31)38-16)27(23-14-42(41-40-23)30(4-5-30)28(32)33)39-20-6-18(11-34)25-22(7-20)26(19(12-35)13-36-25)37-15-29-8-17(9-29)10-29/h2-3,6-7,13-14,17,27-28,39H,4-5,8-10,15H2,1H3,(H,36,37). The van der Waals surface area contributed by atoms with E-state index in [0.717, 1.165) is 12.5 Å². The van der Waals surface area contributed by atoms with E-state index in [1.54, 1.807) is 25.1 Å². The molecule has 3 heterocycles. The van der Waals surface area contributed by atoms with Gasteiger partial charge in [-0.25, -0.2) is 18.4 Å². The van der Waals surface area contributed by atoms with Crippen LogP contribution in [0.1, 0.15) is 66.2 Å². The van der Waals surface area contributed by atoms with E-state index in [4.69, 9.17) is 0 Å². The molecule has 12 heteroatoms. The van der Waals surface area contributed by atoms with Gasteiger partial charge in [-0.2, -0.15) is 14.9 Å². The van der Waals surface area contributed by atoms with Gasteiger partial charge >= 0.3 is 0 Å². The Balaban J connectivity index is 1.31. The lowest BCUT2D eigenvalue weighted by Gasteiger charge is -2.62. The van der Waals surface area contributed by atoms with Crippen molar-refractivity contribution in [3.8, 4) is 12.1 Å². The number of rotatable bonds is 9. The molecule has 0 amide bonds. The van der Waals surface area contributed by atoms with Crippen molar-refractivity contribution in [2.24, 2.45) is 11.3 Å². The maximum atomic E-state index is 14.0. The second-order valence-corrected chi connectivity index (χ2v) is 11.9. The fraction of sp³-hybridized carbons (Fsp3) is 0.400. The minimum Gasteiger partial charge on any atom is -0.383 e. The van der Waals surface area contributed by atoms with Crippen LogP contribution in [0.4, 0.5) is 24.5 Å². The third-order valence-corrected chi connectivity index (χ3v) is 9.16. The zero-order valence-electron chi connectivity index (χ0n) is 22.7. The van der Waals surface area contributed by atoms with Gasteiger partial charge in [0.25, 0.3) is 6.43 Å². The summed E-state index contributed by atoms with van der Waals surface area (Å²) in [6.45, 7) is 2.38. The molecule has 4 saturated carbocycles. The lowest BCUT2D eigenvalue weighted by molar-refractivity contribution is -0.0929. The Morgan fingerprint density at radius 3 is 2.50 bits per heavy atom. The maximum absolute atomic E-state index is 14.0. The zero-order chi connectivity index (χ0) is 29.2. The van der Waals surface area contributed by atoms with Crippen molar-refractivity contribution < 1.29 is 13.2 Å². The SMILES string of the molecule is Cc1nc(F)ccc1C(Nc1cc(C#N)c2ncc(C#N)c(NCC34CC(C3)C4)c2c1)c1cn(C2(C(F)F)CC2)nn1. The van der Waals surface area contributed by atoms with E-state index < -0.39 is 24.0 Å². The lowest BCUT2D eigenvalue weighted by Crippen LogP contribution is -2.55. The van der Waals surface area contributed by atoms with Gasteiger partial charge < -0.3 is 10.6 Å². The predicted molar refractivity (Wildman–Crippen MR) is 147 cm³/mol. The highest BCUT2D eigenvalue weighted by molar-refractivity contribution is 5.99. The van der Waals surface area contributed by atoms with Crippen LogP contribution in [-0.4, -0.2) is 37.9 Å². The molecule has 9 nitrogen and oxygen atoms in total. The van der Waals surface area contributed by atoms with Gasteiger partial charge in [0.15, 0.2) is 0 Å². The van der Waals surface area contributed by atoms with Crippen molar-refractivity contribution in [2.75, 3.05) is 17.2 Å². The number of nitrogens with one attached hydrogen (secondary N) is 2. The molecule has 212 valence electrons. The molecule has 4 aliphatic carbocycles. The van der Waals surface area contributed by atoms with Crippen LogP contribution in [0.15, 0.2) is 36.7 Å². The summed E-state index contributed by atoms with van der Waals surface area (Å²) >= 11 is 0. The van der Waals surface area contributed by atoms with Crippen LogP contribution in [-0.2, 0) is 5.54 Å². The van der Waals surface area contributed by atoms with Crippen molar-refractivity contribution in [3.05, 3.63) is 70.7 Å². The smallest absolute Gasteiger partial charge is 0.263 e. The van der Waals surface area contributed by atoms with E-state index in [0.29, 0.717) is 63.2 Å². The van der Waals surface area contributed by atoms with E-state index in [9.17, 15) is 23.7 Å². The van der Waals surface area contributed by atoms with Crippen LogP contribution in [0.3, 0.4) is 0 Å². The Kier molecular flexibility index (Phi) is 5.87. The summed E-state index contributed by atoms with van der Waals surface area (Å²) in [4.78, 5) is 8.38. The number of hydrogen-bond acceptors (Lipinski definition) is 8. The quantitative estimate of drug-likeness (QED) is 0.250. The van der Waals surface area contributed by atoms with Gasteiger partial charge in [0.1, 0.15) is 23.4 Å². The summed E-state index contributed by atoms with van der Waals surface area (Å²) in [5, 5.41) is 35.6. The first-order valence-electron chi connectivity index (χ1n) is 13.9. The molecule has 0 spiro atoms. The van der Waals surface area contributed by atoms with E-state index in [2.05, 4.69) is 43.1 Å². The molecular formula is C30H26F3N9. The molecule has 4 aliphatic rings. The number of benzene rings is 1. The molecule has 4 aromatic rings. The zero-order valence-corrected chi connectivity index (χ0v) is 22.7.